The molecule has 2 aromatic carbocycles. The predicted octanol–water partition coefficient (Wildman–Crippen LogP) is 3.40. The molecule has 1 atom stereocenters. The maximum Gasteiger partial charge on any atom is 0.323 e. The highest BCUT2D eigenvalue weighted by Crippen LogP contribution is 2.20. The Morgan fingerprint density at radius 2 is 1.73 bits per heavy atom. The highest BCUT2D eigenvalue weighted by molar-refractivity contribution is 5.89. The van der Waals surface area contributed by atoms with Crippen molar-refractivity contribution in [2.75, 3.05) is 13.7 Å². The highest BCUT2D eigenvalue weighted by Gasteiger charge is 2.32. The first-order valence-electron chi connectivity index (χ1n) is 8.83. The number of ether oxygens (including phenoxy) is 1. The lowest BCUT2D eigenvalue weighted by atomic mass is 9.99. The van der Waals surface area contributed by atoms with E-state index in [9.17, 15) is 4.79 Å². The highest BCUT2D eigenvalue weighted by atomic mass is 16.6. The number of benzene rings is 2. The molecule has 0 radical (unpaired) electrons. The van der Waals surface area contributed by atoms with E-state index in [0.717, 1.165) is 23.3 Å². The SMILES string of the molecule is COC(=O)[C@@H]1CCC(=NOCc2ccccc2)CN1Cc1ccccc1. The molecule has 1 saturated heterocycles. The minimum Gasteiger partial charge on any atom is -0.468 e. The molecule has 0 unspecified atom stereocenters. The Kier molecular flexibility index (Phi) is 6.39. The van der Waals surface area contributed by atoms with Gasteiger partial charge in [0.1, 0.15) is 12.6 Å². The number of methoxy groups -OCH3 is 1. The van der Waals surface area contributed by atoms with Gasteiger partial charge in [-0.25, -0.2) is 0 Å². The topological polar surface area (TPSA) is 51.1 Å². The van der Waals surface area contributed by atoms with Gasteiger partial charge >= 0.3 is 5.97 Å². The minimum absolute atomic E-state index is 0.190. The first-order valence-corrected chi connectivity index (χ1v) is 8.83. The van der Waals surface area contributed by atoms with Gasteiger partial charge in [-0.05, 0) is 24.0 Å². The molecule has 3 rings (SSSR count). The maximum absolute atomic E-state index is 12.1. The molecule has 0 saturated carbocycles. The number of carbonyl (C=O) groups excluding carboxylic acids is 1. The Balaban J connectivity index is 1.64. The van der Waals surface area contributed by atoms with Gasteiger partial charge in [0.05, 0.1) is 12.8 Å². The van der Waals surface area contributed by atoms with Gasteiger partial charge in [0, 0.05) is 13.1 Å². The first kappa shape index (κ1) is 18.1. The van der Waals surface area contributed by atoms with Gasteiger partial charge in [-0.1, -0.05) is 65.8 Å². The summed E-state index contributed by atoms with van der Waals surface area (Å²) in [6, 6.07) is 19.8. The van der Waals surface area contributed by atoms with Crippen LogP contribution in [0.4, 0.5) is 0 Å². The molecule has 0 N–H and O–H groups in total. The fourth-order valence-electron chi connectivity index (χ4n) is 3.14. The molecular formula is C21H24N2O3. The molecule has 5 heteroatoms. The van der Waals surface area contributed by atoms with Crippen molar-refractivity contribution in [2.45, 2.75) is 32.0 Å². The van der Waals surface area contributed by atoms with Crippen LogP contribution in [0.1, 0.15) is 24.0 Å². The predicted molar refractivity (Wildman–Crippen MR) is 101 cm³/mol. The largest absolute Gasteiger partial charge is 0.468 e. The lowest BCUT2D eigenvalue weighted by molar-refractivity contribution is -0.147. The number of hydrogen-bond acceptors (Lipinski definition) is 5. The van der Waals surface area contributed by atoms with E-state index in [1.54, 1.807) is 0 Å². The molecule has 0 aromatic heterocycles. The van der Waals surface area contributed by atoms with E-state index in [1.807, 2.05) is 48.5 Å². The third kappa shape index (κ3) is 4.92. The second kappa shape index (κ2) is 9.15. The van der Waals surface area contributed by atoms with Crippen molar-refractivity contribution in [2.24, 2.45) is 5.16 Å². The molecule has 0 bridgehead atoms. The number of carbonyl (C=O) groups is 1. The van der Waals surface area contributed by atoms with E-state index in [1.165, 1.54) is 7.11 Å². The zero-order valence-electron chi connectivity index (χ0n) is 15.0. The average molecular weight is 352 g/mol. The fourth-order valence-corrected chi connectivity index (χ4v) is 3.14. The summed E-state index contributed by atoms with van der Waals surface area (Å²) >= 11 is 0. The second-order valence-electron chi connectivity index (χ2n) is 6.38. The molecule has 26 heavy (non-hydrogen) atoms. The molecule has 0 spiro atoms. The summed E-state index contributed by atoms with van der Waals surface area (Å²) in [5.74, 6) is -0.190. The molecule has 1 aliphatic rings. The van der Waals surface area contributed by atoms with Gasteiger partial charge in [-0.2, -0.15) is 0 Å². The van der Waals surface area contributed by atoms with Gasteiger partial charge in [0.2, 0.25) is 0 Å². The third-order valence-electron chi connectivity index (χ3n) is 4.50. The van der Waals surface area contributed by atoms with E-state index in [0.29, 0.717) is 26.1 Å². The Bertz CT molecular complexity index is 731. The monoisotopic (exact) mass is 352 g/mol. The van der Waals surface area contributed by atoms with E-state index < -0.39 is 0 Å². The van der Waals surface area contributed by atoms with Crippen LogP contribution in [0.3, 0.4) is 0 Å². The second-order valence-corrected chi connectivity index (χ2v) is 6.38. The van der Waals surface area contributed by atoms with Crippen LogP contribution in [0.15, 0.2) is 65.8 Å². The summed E-state index contributed by atoms with van der Waals surface area (Å²) in [6.45, 7) is 1.73. The van der Waals surface area contributed by atoms with Crippen LogP contribution < -0.4 is 0 Å². The molecule has 0 aliphatic carbocycles. The number of likely N-dealkylation sites (tertiary alicyclic amines) is 1. The number of oxime groups is 1. The van der Waals surface area contributed by atoms with E-state index in [-0.39, 0.29) is 12.0 Å². The lowest BCUT2D eigenvalue weighted by Gasteiger charge is -2.34. The number of hydrogen-bond donors (Lipinski definition) is 0. The van der Waals surface area contributed by atoms with Crippen LogP contribution in [0.2, 0.25) is 0 Å². The third-order valence-corrected chi connectivity index (χ3v) is 4.50. The van der Waals surface area contributed by atoms with Gasteiger partial charge in [0.25, 0.3) is 0 Å². The summed E-state index contributed by atoms with van der Waals surface area (Å²) in [5, 5.41) is 4.31. The Labute approximate surface area is 154 Å². The summed E-state index contributed by atoms with van der Waals surface area (Å²) in [7, 11) is 1.44. The number of piperidine rings is 1. The summed E-state index contributed by atoms with van der Waals surface area (Å²) in [5.41, 5.74) is 3.20. The molecule has 2 aromatic rings. The van der Waals surface area contributed by atoms with Crippen molar-refractivity contribution >= 4 is 11.7 Å². The number of esters is 1. The van der Waals surface area contributed by atoms with Gasteiger partial charge in [-0.15, -0.1) is 0 Å². The summed E-state index contributed by atoms with van der Waals surface area (Å²) in [4.78, 5) is 19.8. The quantitative estimate of drug-likeness (QED) is 0.591. The van der Waals surface area contributed by atoms with Gasteiger partial charge < -0.3 is 9.57 Å². The first-order chi connectivity index (χ1) is 12.8. The summed E-state index contributed by atoms with van der Waals surface area (Å²) < 4.78 is 4.98. The summed E-state index contributed by atoms with van der Waals surface area (Å²) in [6.07, 6.45) is 1.42. The van der Waals surface area contributed by atoms with Gasteiger partial charge in [0.15, 0.2) is 0 Å². The molecule has 0 amide bonds. The van der Waals surface area contributed by atoms with Crippen molar-refractivity contribution in [1.29, 1.82) is 0 Å². The van der Waals surface area contributed by atoms with Crippen LogP contribution in [-0.2, 0) is 27.5 Å². The van der Waals surface area contributed by atoms with Crippen molar-refractivity contribution < 1.29 is 14.4 Å². The standard InChI is InChI=1S/C21H24N2O3/c1-25-21(24)20-13-12-19(22-26-16-18-10-6-3-7-11-18)15-23(20)14-17-8-4-2-5-9-17/h2-11,20H,12-16H2,1H3/t20-/m0/s1. The Morgan fingerprint density at radius 1 is 1.08 bits per heavy atom. The van der Waals surface area contributed by atoms with Crippen molar-refractivity contribution in [3.8, 4) is 0 Å². The normalized spacial score (nSPS) is 19.3. The Hall–Kier alpha value is -2.66. The number of rotatable bonds is 6. The Morgan fingerprint density at radius 3 is 2.38 bits per heavy atom. The lowest BCUT2D eigenvalue weighted by Crippen LogP contribution is -2.48. The van der Waals surface area contributed by atoms with Crippen molar-refractivity contribution in [3.05, 3.63) is 71.8 Å². The zero-order chi connectivity index (χ0) is 18.2. The van der Waals surface area contributed by atoms with Crippen LogP contribution in [-0.4, -0.2) is 36.3 Å². The molecule has 1 aliphatic heterocycles. The fraction of sp³-hybridized carbons (Fsp3) is 0.333. The van der Waals surface area contributed by atoms with E-state index >= 15 is 0 Å². The van der Waals surface area contributed by atoms with E-state index in [4.69, 9.17) is 9.57 Å². The van der Waals surface area contributed by atoms with Crippen molar-refractivity contribution in [1.82, 2.24) is 4.90 Å². The molecule has 1 fully saturated rings. The van der Waals surface area contributed by atoms with Crippen molar-refractivity contribution in [3.63, 3.8) is 0 Å². The smallest absolute Gasteiger partial charge is 0.323 e. The molecule has 5 nitrogen and oxygen atoms in total. The van der Waals surface area contributed by atoms with Crippen LogP contribution in [0.5, 0.6) is 0 Å². The molecule has 1 heterocycles. The maximum atomic E-state index is 12.1. The van der Waals surface area contributed by atoms with Crippen LogP contribution in [0.25, 0.3) is 0 Å². The molecule has 136 valence electrons. The van der Waals surface area contributed by atoms with E-state index in [2.05, 4.69) is 22.2 Å². The molecular weight excluding hydrogens is 328 g/mol. The average Bonchev–Trinajstić information content (AvgIpc) is 2.69. The zero-order valence-corrected chi connectivity index (χ0v) is 15.0. The van der Waals surface area contributed by atoms with Gasteiger partial charge in [-0.3, -0.25) is 9.69 Å². The van der Waals surface area contributed by atoms with Crippen LogP contribution >= 0.6 is 0 Å². The number of nitrogens with zero attached hydrogens (tertiary/aromatic N) is 2. The van der Waals surface area contributed by atoms with Crippen LogP contribution in [0, 0.1) is 0 Å². The minimum atomic E-state index is -0.242.